The summed E-state index contributed by atoms with van der Waals surface area (Å²) in [4.78, 5) is 17.1. The number of carbonyl (C=O) groups excluding carboxylic acids is 1. The highest BCUT2D eigenvalue weighted by Gasteiger charge is 2.19. The second-order valence-electron chi connectivity index (χ2n) is 7.07. The van der Waals surface area contributed by atoms with E-state index in [4.69, 9.17) is 27.6 Å². The van der Waals surface area contributed by atoms with Crippen LogP contribution in [0.5, 0.6) is 0 Å². The van der Waals surface area contributed by atoms with Gasteiger partial charge >= 0.3 is 0 Å². The number of aromatic nitrogens is 1. The van der Waals surface area contributed by atoms with Crippen LogP contribution in [-0.2, 0) is 12.3 Å². The maximum absolute atomic E-state index is 12.4. The van der Waals surface area contributed by atoms with E-state index in [2.05, 4.69) is 18.8 Å². The van der Waals surface area contributed by atoms with Crippen LogP contribution in [0.4, 0.5) is 0 Å². The van der Waals surface area contributed by atoms with Crippen molar-refractivity contribution in [1.29, 1.82) is 0 Å². The molecule has 0 spiro atoms. The quantitative estimate of drug-likeness (QED) is 0.292. The molecule has 0 fully saturated rings. The van der Waals surface area contributed by atoms with Crippen molar-refractivity contribution in [2.24, 2.45) is 0 Å². The molecule has 0 aliphatic rings. The maximum atomic E-state index is 12.4. The topological polar surface area (TPSA) is 43.1 Å². The first kappa shape index (κ1) is 20.6. The number of benzene rings is 2. The Morgan fingerprint density at radius 3 is 2.46 bits per heavy atom. The summed E-state index contributed by atoms with van der Waals surface area (Å²) in [6.07, 6.45) is 1.86. The number of halogens is 2. The first-order chi connectivity index (χ1) is 13.5. The molecule has 0 saturated heterocycles. The Morgan fingerprint density at radius 1 is 1.11 bits per heavy atom. The summed E-state index contributed by atoms with van der Waals surface area (Å²) in [5.74, 6) is 2.17. The number of Topliss-reactive ketones (excluding diaryl/α,β-unsaturated/α-hetero) is 1. The van der Waals surface area contributed by atoms with E-state index in [1.807, 2.05) is 48.5 Å². The van der Waals surface area contributed by atoms with E-state index in [-0.39, 0.29) is 11.7 Å². The Kier molecular flexibility index (Phi) is 6.93. The molecule has 0 radical (unpaired) electrons. The van der Waals surface area contributed by atoms with Gasteiger partial charge in [-0.05, 0) is 30.5 Å². The Bertz CT molecular complexity index is 945. The fourth-order valence-corrected chi connectivity index (χ4v) is 3.48. The largest absolute Gasteiger partial charge is 0.441 e. The van der Waals surface area contributed by atoms with Crippen molar-refractivity contribution in [3.05, 3.63) is 76.1 Å². The summed E-state index contributed by atoms with van der Waals surface area (Å²) in [6, 6.07) is 15.0. The van der Waals surface area contributed by atoms with E-state index in [1.54, 1.807) is 0 Å². The molecule has 0 atom stereocenters. The predicted molar refractivity (Wildman–Crippen MR) is 114 cm³/mol. The zero-order valence-corrected chi connectivity index (χ0v) is 17.6. The number of hydrogen-bond acceptors (Lipinski definition) is 3. The van der Waals surface area contributed by atoms with E-state index < -0.39 is 0 Å². The molecule has 2 aromatic carbocycles. The number of nitrogens with zero attached hydrogens (tertiary/aromatic N) is 1. The van der Waals surface area contributed by atoms with Crippen LogP contribution in [-0.4, -0.2) is 10.8 Å². The lowest BCUT2D eigenvalue weighted by Gasteiger charge is -2.04. The highest BCUT2D eigenvalue weighted by atomic mass is 35.5. The molecule has 1 aromatic heterocycles. The maximum Gasteiger partial charge on any atom is 0.228 e. The standard InChI is InChI=1S/C23H23Cl2NO2/c1-15(2)22-20(26-23(28-22)18-6-3-4-7-19(18)25)8-5-9-21(27)17-12-10-16(14-24)11-13-17/h3-4,6-7,10-13,15H,5,8-9,14H2,1-2H3. The second kappa shape index (κ2) is 9.40. The Morgan fingerprint density at radius 2 is 1.82 bits per heavy atom. The molecular formula is C23H23Cl2NO2. The third-order valence-electron chi connectivity index (χ3n) is 4.60. The van der Waals surface area contributed by atoms with Gasteiger partial charge in [0.1, 0.15) is 5.76 Å². The van der Waals surface area contributed by atoms with Crippen LogP contribution < -0.4 is 0 Å². The monoisotopic (exact) mass is 415 g/mol. The third kappa shape index (κ3) is 4.84. The van der Waals surface area contributed by atoms with Gasteiger partial charge in [0.05, 0.1) is 16.3 Å². The molecular weight excluding hydrogens is 393 g/mol. The van der Waals surface area contributed by atoms with Gasteiger partial charge in [-0.1, -0.05) is 61.8 Å². The highest BCUT2D eigenvalue weighted by molar-refractivity contribution is 6.33. The van der Waals surface area contributed by atoms with E-state index in [0.717, 1.165) is 28.1 Å². The normalized spacial score (nSPS) is 11.2. The van der Waals surface area contributed by atoms with Crippen molar-refractivity contribution in [1.82, 2.24) is 4.98 Å². The van der Waals surface area contributed by atoms with Gasteiger partial charge in [0.25, 0.3) is 0 Å². The number of rotatable bonds is 8. The Balaban J connectivity index is 1.69. The summed E-state index contributed by atoms with van der Waals surface area (Å²) in [5.41, 5.74) is 3.41. The first-order valence-corrected chi connectivity index (χ1v) is 10.3. The number of ketones is 1. The lowest BCUT2D eigenvalue weighted by molar-refractivity contribution is 0.0980. The van der Waals surface area contributed by atoms with Crippen molar-refractivity contribution < 1.29 is 9.21 Å². The van der Waals surface area contributed by atoms with Crippen LogP contribution in [0.1, 0.15) is 60.0 Å². The fourth-order valence-electron chi connectivity index (χ4n) is 3.08. The van der Waals surface area contributed by atoms with Crippen molar-refractivity contribution in [2.45, 2.75) is 44.9 Å². The minimum atomic E-state index is 0.127. The number of alkyl halides is 1. The summed E-state index contributed by atoms with van der Waals surface area (Å²) in [7, 11) is 0. The number of oxazole rings is 1. The van der Waals surface area contributed by atoms with Crippen molar-refractivity contribution in [3.63, 3.8) is 0 Å². The number of hydrogen-bond donors (Lipinski definition) is 0. The molecule has 1 heterocycles. The van der Waals surface area contributed by atoms with Crippen LogP contribution >= 0.6 is 23.2 Å². The van der Waals surface area contributed by atoms with E-state index in [9.17, 15) is 4.79 Å². The van der Waals surface area contributed by atoms with Gasteiger partial charge < -0.3 is 4.42 Å². The van der Waals surface area contributed by atoms with Gasteiger partial charge in [-0.3, -0.25) is 4.79 Å². The van der Waals surface area contributed by atoms with Gasteiger partial charge in [0.15, 0.2) is 5.78 Å². The van der Waals surface area contributed by atoms with E-state index >= 15 is 0 Å². The smallest absolute Gasteiger partial charge is 0.228 e. The van der Waals surface area contributed by atoms with Crippen LogP contribution in [0.3, 0.4) is 0 Å². The van der Waals surface area contributed by atoms with Crippen LogP contribution in [0.15, 0.2) is 52.9 Å². The van der Waals surface area contributed by atoms with Crippen LogP contribution in [0.2, 0.25) is 5.02 Å². The van der Waals surface area contributed by atoms with Gasteiger partial charge in [-0.2, -0.15) is 0 Å². The number of aryl methyl sites for hydroxylation is 1. The predicted octanol–water partition coefficient (Wildman–Crippen LogP) is 7.06. The van der Waals surface area contributed by atoms with Gasteiger partial charge in [0.2, 0.25) is 5.89 Å². The summed E-state index contributed by atoms with van der Waals surface area (Å²) in [5, 5.41) is 0.612. The Hall–Kier alpha value is -2.10. The van der Waals surface area contributed by atoms with Crippen molar-refractivity contribution >= 4 is 29.0 Å². The molecule has 0 saturated carbocycles. The molecule has 0 unspecified atom stereocenters. The van der Waals surface area contributed by atoms with Crippen LogP contribution in [0.25, 0.3) is 11.5 Å². The van der Waals surface area contributed by atoms with Crippen LogP contribution in [0, 0.1) is 0 Å². The average molecular weight is 416 g/mol. The lowest BCUT2D eigenvalue weighted by Crippen LogP contribution is -2.01. The van der Waals surface area contributed by atoms with Gasteiger partial charge in [-0.25, -0.2) is 4.98 Å². The van der Waals surface area contributed by atoms with E-state index in [0.29, 0.717) is 36.1 Å². The zero-order chi connectivity index (χ0) is 20.1. The molecule has 0 N–H and O–H groups in total. The highest BCUT2D eigenvalue weighted by Crippen LogP contribution is 2.32. The summed E-state index contributed by atoms with van der Waals surface area (Å²) in [6.45, 7) is 4.15. The molecule has 3 nitrogen and oxygen atoms in total. The minimum absolute atomic E-state index is 0.127. The molecule has 0 bridgehead atoms. The molecule has 3 rings (SSSR count). The Labute approximate surface area is 175 Å². The molecule has 5 heteroatoms. The van der Waals surface area contributed by atoms with E-state index in [1.165, 1.54) is 0 Å². The molecule has 0 aliphatic heterocycles. The number of carbonyl (C=O) groups is 1. The molecule has 28 heavy (non-hydrogen) atoms. The fraction of sp³-hybridized carbons (Fsp3) is 0.304. The summed E-state index contributed by atoms with van der Waals surface area (Å²) < 4.78 is 6.02. The summed E-state index contributed by atoms with van der Waals surface area (Å²) >= 11 is 12.1. The molecule has 0 aliphatic carbocycles. The first-order valence-electron chi connectivity index (χ1n) is 9.42. The molecule has 146 valence electrons. The zero-order valence-electron chi connectivity index (χ0n) is 16.0. The molecule has 0 amide bonds. The third-order valence-corrected chi connectivity index (χ3v) is 5.24. The second-order valence-corrected chi connectivity index (χ2v) is 7.75. The van der Waals surface area contributed by atoms with Crippen molar-refractivity contribution in [2.75, 3.05) is 0 Å². The lowest BCUT2D eigenvalue weighted by atomic mass is 10.0. The minimum Gasteiger partial charge on any atom is -0.441 e. The SMILES string of the molecule is CC(C)c1oc(-c2ccccc2Cl)nc1CCCC(=O)c1ccc(CCl)cc1. The van der Waals surface area contributed by atoms with Gasteiger partial charge in [-0.15, -0.1) is 11.6 Å². The van der Waals surface area contributed by atoms with Crippen molar-refractivity contribution in [3.8, 4) is 11.5 Å². The van der Waals surface area contributed by atoms with Gasteiger partial charge in [0, 0.05) is 23.8 Å². The average Bonchev–Trinajstić information content (AvgIpc) is 3.12. The molecule has 3 aromatic rings.